The number of aromatic amines is 1. The van der Waals surface area contributed by atoms with Crippen LogP contribution in [-0.4, -0.2) is 17.6 Å². The standard InChI is InChI=1S/C20H18ClNO3/c1-2-24-19(23)11-6-14-12-22-18-5-3-4-15(20(14)18)13-25-17-9-7-16(21)8-10-17/h3-12,22H,2,13H2,1H3/b11-6+. The highest BCUT2D eigenvalue weighted by atomic mass is 35.5. The maximum atomic E-state index is 11.5. The summed E-state index contributed by atoms with van der Waals surface area (Å²) in [4.78, 5) is 14.8. The van der Waals surface area contributed by atoms with Gasteiger partial charge in [-0.2, -0.15) is 0 Å². The minimum atomic E-state index is -0.355. The molecule has 0 aliphatic carbocycles. The first-order valence-corrected chi connectivity index (χ1v) is 8.37. The van der Waals surface area contributed by atoms with E-state index in [0.29, 0.717) is 18.2 Å². The number of benzene rings is 2. The second-order valence-electron chi connectivity index (χ2n) is 5.41. The average molecular weight is 356 g/mol. The summed E-state index contributed by atoms with van der Waals surface area (Å²) in [6.45, 7) is 2.55. The molecular formula is C20H18ClNO3. The summed E-state index contributed by atoms with van der Waals surface area (Å²) >= 11 is 5.89. The summed E-state index contributed by atoms with van der Waals surface area (Å²) in [5, 5.41) is 1.70. The van der Waals surface area contributed by atoms with Gasteiger partial charge in [0.15, 0.2) is 0 Å². The maximum Gasteiger partial charge on any atom is 0.330 e. The van der Waals surface area contributed by atoms with Crippen molar-refractivity contribution in [3.8, 4) is 5.75 Å². The van der Waals surface area contributed by atoms with Crippen molar-refractivity contribution < 1.29 is 14.3 Å². The molecule has 4 nitrogen and oxygen atoms in total. The lowest BCUT2D eigenvalue weighted by Gasteiger charge is -2.08. The topological polar surface area (TPSA) is 51.3 Å². The number of esters is 1. The lowest BCUT2D eigenvalue weighted by molar-refractivity contribution is -0.137. The van der Waals surface area contributed by atoms with Crippen molar-refractivity contribution in [1.29, 1.82) is 0 Å². The molecular weight excluding hydrogens is 338 g/mol. The first kappa shape index (κ1) is 17.1. The van der Waals surface area contributed by atoms with Gasteiger partial charge in [0.25, 0.3) is 0 Å². The Balaban J connectivity index is 1.84. The summed E-state index contributed by atoms with van der Waals surface area (Å²) in [6.07, 6.45) is 5.05. The van der Waals surface area contributed by atoms with E-state index in [9.17, 15) is 4.79 Å². The number of H-pyrrole nitrogens is 1. The molecule has 1 N–H and O–H groups in total. The third-order valence-electron chi connectivity index (χ3n) is 3.72. The van der Waals surface area contributed by atoms with E-state index in [1.54, 1.807) is 25.1 Å². The van der Waals surface area contributed by atoms with Gasteiger partial charge in [0.1, 0.15) is 12.4 Å². The molecule has 0 saturated carbocycles. The number of rotatable bonds is 6. The van der Waals surface area contributed by atoms with Gasteiger partial charge in [0.2, 0.25) is 0 Å². The monoisotopic (exact) mass is 355 g/mol. The Hall–Kier alpha value is -2.72. The minimum Gasteiger partial charge on any atom is -0.489 e. The third-order valence-corrected chi connectivity index (χ3v) is 3.97. The number of aromatic nitrogens is 1. The van der Waals surface area contributed by atoms with Crippen LogP contribution in [0.3, 0.4) is 0 Å². The molecule has 0 atom stereocenters. The molecule has 0 fully saturated rings. The van der Waals surface area contributed by atoms with Crippen LogP contribution in [0.15, 0.2) is 54.7 Å². The van der Waals surface area contributed by atoms with Gasteiger partial charge in [0.05, 0.1) is 6.61 Å². The van der Waals surface area contributed by atoms with E-state index in [0.717, 1.165) is 27.8 Å². The quantitative estimate of drug-likeness (QED) is 0.501. The smallest absolute Gasteiger partial charge is 0.330 e. The van der Waals surface area contributed by atoms with E-state index in [-0.39, 0.29) is 5.97 Å². The molecule has 5 heteroatoms. The Labute approximate surface area is 151 Å². The van der Waals surface area contributed by atoms with Crippen LogP contribution in [0.1, 0.15) is 18.1 Å². The largest absolute Gasteiger partial charge is 0.489 e. The molecule has 128 valence electrons. The molecule has 0 unspecified atom stereocenters. The molecule has 0 aliphatic heterocycles. The number of ether oxygens (including phenoxy) is 2. The zero-order valence-corrected chi connectivity index (χ0v) is 14.5. The van der Waals surface area contributed by atoms with Gasteiger partial charge in [-0.3, -0.25) is 0 Å². The average Bonchev–Trinajstić information content (AvgIpc) is 3.03. The van der Waals surface area contributed by atoms with Gasteiger partial charge in [-0.05, 0) is 48.9 Å². The van der Waals surface area contributed by atoms with Crippen LogP contribution in [0.25, 0.3) is 17.0 Å². The Bertz CT molecular complexity index is 897. The molecule has 1 heterocycles. The van der Waals surface area contributed by atoms with E-state index in [2.05, 4.69) is 4.98 Å². The predicted molar refractivity (Wildman–Crippen MR) is 99.7 cm³/mol. The van der Waals surface area contributed by atoms with Crippen LogP contribution in [0.4, 0.5) is 0 Å². The molecule has 3 rings (SSSR count). The first-order valence-electron chi connectivity index (χ1n) is 7.99. The Morgan fingerprint density at radius 3 is 2.76 bits per heavy atom. The van der Waals surface area contributed by atoms with Crippen molar-refractivity contribution in [2.45, 2.75) is 13.5 Å². The fourth-order valence-electron chi connectivity index (χ4n) is 2.58. The van der Waals surface area contributed by atoms with Crippen molar-refractivity contribution in [2.75, 3.05) is 6.61 Å². The van der Waals surface area contributed by atoms with E-state index >= 15 is 0 Å². The van der Waals surface area contributed by atoms with Crippen LogP contribution in [0, 0.1) is 0 Å². The summed E-state index contributed by atoms with van der Waals surface area (Å²) in [5.41, 5.74) is 2.93. The Kier molecular flexibility index (Phi) is 5.41. The fourth-order valence-corrected chi connectivity index (χ4v) is 2.71. The second-order valence-corrected chi connectivity index (χ2v) is 5.85. The highest BCUT2D eigenvalue weighted by Gasteiger charge is 2.08. The Morgan fingerprint density at radius 1 is 1.20 bits per heavy atom. The van der Waals surface area contributed by atoms with Gasteiger partial charge in [-0.15, -0.1) is 0 Å². The second kappa shape index (κ2) is 7.90. The lowest BCUT2D eigenvalue weighted by atomic mass is 10.1. The number of carbonyl (C=O) groups excluding carboxylic acids is 1. The molecule has 2 aromatic carbocycles. The highest BCUT2D eigenvalue weighted by Crippen LogP contribution is 2.25. The molecule has 0 radical (unpaired) electrons. The van der Waals surface area contributed by atoms with Crippen LogP contribution >= 0.6 is 11.6 Å². The molecule has 0 aliphatic rings. The number of hydrogen-bond acceptors (Lipinski definition) is 3. The van der Waals surface area contributed by atoms with E-state index < -0.39 is 0 Å². The summed E-state index contributed by atoms with van der Waals surface area (Å²) in [7, 11) is 0. The Morgan fingerprint density at radius 2 is 2.00 bits per heavy atom. The number of hydrogen-bond donors (Lipinski definition) is 1. The van der Waals surface area contributed by atoms with Gasteiger partial charge in [-0.1, -0.05) is 23.7 Å². The zero-order valence-electron chi connectivity index (χ0n) is 13.8. The van der Waals surface area contributed by atoms with Crippen LogP contribution in [0.5, 0.6) is 5.75 Å². The van der Waals surface area contributed by atoms with Gasteiger partial charge >= 0.3 is 5.97 Å². The summed E-state index contributed by atoms with van der Waals surface area (Å²) in [5.74, 6) is 0.396. The molecule has 0 bridgehead atoms. The zero-order chi connectivity index (χ0) is 17.6. The number of nitrogens with one attached hydrogen (secondary N) is 1. The summed E-state index contributed by atoms with van der Waals surface area (Å²) in [6, 6.07) is 13.2. The number of halogens is 1. The van der Waals surface area contributed by atoms with Crippen molar-refractivity contribution in [3.05, 3.63) is 70.9 Å². The summed E-state index contributed by atoms with van der Waals surface area (Å²) < 4.78 is 10.8. The number of carbonyl (C=O) groups is 1. The SMILES string of the molecule is CCOC(=O)/C=C/c1c[nH]c2cccc(COc3ccc(Cl)cc3)c12. The molecule has 1 aromatic heterocycles. The van der Waals surface area contributed by atoms with Gasteiger partial charge in [-0.25, -0.2) is 4.79 Å². The minimum absolute atomic E-state index is 0.355. The van der Waals surface area contributed by atoms with Gasteiger partial charge in [0, 0.05) is 33.8 Å². The van der Waals surface area contributed by atoms with Crippen LogP contribution in [0.2, 0.25) is 5.02 Å². The lowest BCUT2D eigenvalue weighted by Crippen LogP contribution is -1.99. The predicted octanol–water partition coefficient (Wildman–Crippen LogP) is 4.98. The molecule has 25 heavy (non-hydrogen) atoms. The van der Waals surface area contributed by atoms with E-state index in [1.165, 1.54) is 6.08 Å². The maximum absolute atomic E-state index is 11.5. The fraction of sp³-hybridized carbons (Fsp3) is 0.150. The van der Waals surface area contributed by atoms with E-state index in [4.69, 9.17) is 21.1 Å². The molecule has 0 amide bonds. The van der Waals surface area contributed by atoms with E-state index in [1.807, 2.05) is 36.5 Å². The normalized spacial score (nSPS) is 11.1. The highest BCUT2D eigenvalue weighted by molar-refractivity contribution is 6.30. The molecule has 0 saturated heterocycles. The number of fused-ring (bicyclic) bond motifs is 1. The third kappa shape index (κ3) is 4.22. The van der Waals surface area contributed by atoms with Gasteiger partial charge < -0.3 is 14.5 Å². The van der Waals surface area contributed by atoms with Crippen molar-refractivity contribution in [1.82, 2.24) is 4.98 Å². The van der Waals surface area contributed by atoms with Crippen LogP contribution in [-0.2, 0) is 16.1 Å². The van der Waals surface area contributed by atoms with Crippen LogP contribution < -0.4 is 4.74 Å². The first-order chi connectivity index (χ1) is 12.2. The van der Waals surface area contributed by atoms with Crippen molar-refractivity contribution in [2.24, 2.45) is 0 Å². The molecule has 0 spiro atoms. The van der Waals surface area contributed by atoms with Crippen molar-refractivity contribution >= 4 is 34.5 Å². The van der Waals surface area contributed by atoms with Crippen molar-refractivity contribution in [3.63, 3.8) is 0 Å². The molecule has 3 aromatic rings.